The molecule has 3 rings (SSSR count). The van der Waals surface area contributed by atoms with Crippen LogP contribution >= 0.6 is 11.3 Å². The molecule has 1 saturated carbocycles. The maximum absolute atomic E-state index is 13.9. The lowest BCUT2D eigenvalue weighted by Gasteiger charge is -2.47. The second kappa shape index (κ2) is 10.6. The largest absolute Gasteiger partial charge is 0.465 e. The number of aliphatic hydroxyl groups excluding tert-OH is 1. The van der Waals surface area contributed by atoms with Crippen molar-refractivity contribution in [2.24, 2.45) is 11.3 Å². The van der Waals surface area contributed by atoms with Gasteiger partial charge >= 0.3 is 5.97 Å². The van der Waals surface area contributed by atoms with Gasteiger partial charge in [-0.3, -0.25) is 4.79 Å². The first-order valence-corrected chi connectivity index (χ1v) is 12.7. The van der Waals surface area contributed by atoms with Gasteiger partial charge in [-0.15, -0.1) is 11.3 Å². The highest BCUT2D eigenvalue weighted by Gasteiger charge is 2.48. The minimum absolute atomic E-state index is 0.00329. The molecule has 1 aliphatic carbocycles. The summed E-state index contributed by atoms with van der Waals surface area (Å²) in [5.41, 5.74) is -0.651. The molecule has 1 saturated heterocycles. The zero-order valence-electron chi connectivity index (χ0n) is 20.5. The van der Waals surface area contributed by atoms with Crippen LogP contribution in [0.3, 0.4) is 0 Å². The van der Waals surface area contributed by atoms with E-state index in [0.29, 0.717) is 35.9 Å². The predicted octanol–water partition coefficient (Wildman–Crippen LogP) is 4.78. The zero-order chi connectivity index (χ0) is 24.2. The highest BCUT2D eigenvalue weighted by molar-refractivity contribution is 7.15. The summed E-state index contributed by atoms with van der Waals surface area (Å²) in [5, 5.41) is 9.36. The van der Waals surface area contributed by atoms with E-state index in [9.17, 15) is 14.7 Å². The fourth-order valence-electron chi connectivity index (χ4n) is 4.67. The number of hydrogen-bond acceptors (Lipinski definition) is 6. The standard InChI is InChI=1S/C26H37NO5S/c1-25(2,3)14-12-19-16-20(22(33-19)23(29)31-5)27-21(18-10-7-6-8-11-18)17-32-26(4,24(27)30)13-9-15-28/h16,18,21,28H,6-11,13,15,17H2,1-5H3. The molecule has 2 fully saturated rings. The minimum atomic E-state index is -1.04. The number of ether oxygens (including phenoxy) is 2. The van der Waals surface area contributed by atoms with Gasteiger partial charge < -0.3 is 19.5 Å². The van der Waals surface area contributed by atoms with Gasteiger partial charge in [0.15, 0.2) is 0 Å². The second-order valence-corrected chi connectivity index (χ2v) is 11.4. The number of methoxy groups -OCH3 is 1. The van der Waals surface area contributed by atoms with E-state index in [2.05, 4.69) is 11.8 Å². The van der Waals surface area contributed by atoms with Gasteiger partial charge in [0.2, 0.25) is 0 Å². The lowest BCUT2D eigenvalue weighted by atomic mass is 9.81. The summed E-state index contributed by atoms with van der Waals surface area (Å²) in [7, 11) is 1.36. The fourth-order valence-corrected chi connectivity index (χ4v) is 5.59. The quantitative estimate of drug-likeness (QED) is 0.474. The van der Waals surface area contributed by atoms with Crippen molar-refractivity contribution >= 4 is 28.9 Å². The average Bonchev–Trinajstić information content (AvgIpc) is 3.21. The Hall–Kier alpha value is -1.88. The van der Waals surface area contributed by atoms with Crippen molar-refractivity contribution in [3.8, 4) is 11.8 Å². The molecule has 6 nitrogen and oxygen atoms in total. The van der Waals surface area contributed by atoms with E-state index in [1.807, 2.05) is 31.7 Å². The number of nitrogens with zero attached hydrogens (tertiary/aromatic N) is 1. The van der Waals surface area contributed by atoms with Crippen LogP contribution in [-0.2, 0) is 14.3 Å². The van der Waals surface area contributed by atoms with Crippen molar-refractivity contribution in [3.63, 3.8) is 0 Å². The first-order chi connectivity index (χ1) is 15.6. The van der Waals surface area contributed by atoms with Crippen LogP contribution in [0.1, 0.15) is 87.2 Å². The number of esters is 1. The smallest absolute Gasteiger partial charge is 0.350 e. The van der Waals surface area contributed by atoms with Gasteiger partial charge in [-0.2, -0.15) is 0 Å². The highest BCUT2D eigenvalue weighted by atomic mass is 32.1. The predicted molar refractivity (Wildman–Crippen MR) is 131 cm³/mol. The van der Waals surface area contributed by atoms with Crippen molar-refractivity contribution < 1.29 is 24.2 Å². The van der Waals surface area contributed by atoms with Crippen LogP contribution in [0.2, 0.25) is 0 Å². The zero-order valence-corrected chi connectivity index (χ0v) is 21.3. The van der Waals surface area contributed by atoms with Gasteiger partial charge in [0, 0.05) is 12.0 Å². The van der Waals surface area contributed by atoms with Crippen LogP contribution in [0.25, 0.3) is 0 Å². The van der Waals surface area contributed by atoms with Crippen molar-refractivity contribution in [1.29, 1.82) is 0 Å². The molecule has 1 aromatic rings. The molecule has 2 heterocycles. The van der Waals surface area contributed by atoms with E-state index in [1.165, 1.54) is 24.9 Å². The van der Waals surface area contributed by atoms with Gasteiger partial charge in [0.25, 0.3) is 5.91 Å². The van der Waals surface area contributed by atoms with E-state index < -0.39 is 11.6 Å². The van der Waals surface area contributed by atoms with Gasteiger partial charge in [-0.25, -0.2) is 4.79 Å². The Balaban J connectivity index is 2.09. The molecule has 2 atom stereocenters. The lowest BCUT2D eigenvalue weighted by molar-refractivity contribution is -0.154. The molecular weight excluding hydrogens is 438 g/mol. The lowest BCUT2D eigenvalue weighted by Crippen LogP contribution is -2.62. The second-order valence-electron chi connectivity index (χ2n) is 10.3. The SMILES string of the molecule is COC(=O)c1sc(C#CC(C)(C)C)cc1N1C(=O)C(C)(CCCO)OCC1C1CCCCC1. The Morgan fingerprint density at radius 3 is 2.64 bits per heavy atom. The Labute approximate surface area is 201 Å². The van der Waals surface area contributed by atoms with E-state index in [4.69, 9.17) is 9.47 Å². The first kappa shape index (κ1) is 25.7. The molecule has 1 N–H and O–H groups in total. The molecule has 2 aliphatic rings. The molecule has 1 aliphatic heterocycles. The monoisotopic (exact) mass is 475 g/mol. The molecule has 7 heteroatoms. The third kappa shape index (κ3) is 5.98. The van der Waals surface area contributed by atoms with Crippen molar-refractivity contribution in [1.82, 2.24) is 0 Å². The van der Waals surface area contributed by atoms with Crippen LogP contribution < -0.4 is 4.90 Å². The number of carbonyl (C=O) groups excluding carboxylic acids is 2. The van der Waals surface area contributed by atoms with Crippen molar-refractivity contribution in [2.75, 3.05) is 25.2 Å². The summed E-state index contributed by atoms with van der Waals surface area (Å²) in [6.07, 6.45) is 6.47. The molecule has 182 valence electrons. The van der Waals surface area contributed by atoms with Gasteiger partial charge in [-0.1, -0.05) is 31.1 Å². The molecule has 2 unspecified atom stereocenters. The summed E-state index contributed by atoms with van der Waals surface area (Å²) in [4.78, 5) is 29.6. The molecular formula is C26H37NO5S. The molecule has 1 aromatic heterocycles. The number of anilines is 1. The number of thiophene rings is 1. The number of rotatable bonds is 6. The molecule has 0 spiro atoms. The Bertz CT molecular complexity index is 915. The number of amides is 1. The highest BCUT2D eigenvalue weighted by Crippen LogP contribution is 2.41. The van der Waals surface area contributed by atoms with E-state index in [0.717, 1.165) is 30.6 Å². The number of hydrogen-bond donors (Lipinski definition) is 1. The van der Waals surface area contributed by atoms with Crippen LogP contribution in [0.15, 0.2) is 6.07 Å². The van der Waals surface area contributed by atoms with E-state index in [-0.39, 0.29) is 24.0 Å². The van der Waals surface area contributed by atoms with Crippen LogP contribution in [0.5, 0.6) is 0 Å². The molecule has 0 radical (unpaired) electrons. The van der Waals surface area contributed by atoms with Gasteiger partial charge in [0.1, 0.15) is 10.5 Å². The normalized spacial score (nSPS) is 24.4. The third-order valence-corrected chi connectivity index (χ3v) is 7.50. The van der Waals surface area contributed by atoms with Gasteiger partial charge in [0.05, 0.1) is 30.3 Å². The van der Waals surface area contributed by atoms with Crippen molar-refractivity contribution in [2.45, 2.75) is 84.3 Å². The summed E-state index contributed by atoms with van der Waals surface area (Å²) in [6, 6.07) is 1.72. The minimum Gasteiger partial charge on any atom is -0.465 e. The van der Waals surface area contributed by atoms with Crippen LogP contribution in [-0.4, -0.2) is 48.9 Å². The number of aliphatic hydroxyl groups is 1. The Morgan fingerprint density at radius 1 is 1.33 bits per heavy atom. The average molecular weight is 476 g/mol. The molecule has 33 heavy (non-hydrogen) atoms. The maximum atomic E-state index is 13.9. The van der Waals surface area contributed by atoms with E-state index in [1.54, 1.807) is 6.92 Å². The molecule has 1 amide bonds. The topological polar surface area (TPSA) is 76.1 Å². The summed E-state index contributed by atoms with van der Waals surface area (Å²) in [6.45, 7) is 8.31. The van der Waals surface area contributed by atoms with Crippen LogP contribution in [0.4, 0.5) is 5.69 Å². The van der Waals surface area contributed by atoms with Crippen molar-refractivity contribution in [3.05, 3.63) is 15.8 Å². The summed E-state index contributed by atoms with van der Waals surface area (Å²) in [5.74, 6) is 6.11. The fraction of sp³-hybridized carbons (Fsp3) is 0.692. The summed E-state index contributed by atoms with van der Waals surface area (Å²) < 4.78 is 11.3. The Morgan fingerprint density at radius 2 is 2.03 bits per heavy atom. The van der Waals surface area contributed by atoms with Crippen LogP contribution in [0, 0.1) is 23.2 Å². The van der Waals surface area contributed by atoms with E-state index >= 15 is 0 Å². The third-order valence-electron chi connectivity index (χ3n) is 6.48. The number of carbonyl (C=O) groups is 2. The first-order valence-electron chi connectivity index (χ1n) is 11.9. The maximum Gasteiger partial charge on any atom is 0.350 e. The summed E-state index contributed by atoms with van der Waals surface area (Å²) >= 11 is 1.27. The number of morpholine rings is 1. The Kier molecular flexibility index (Phi) is 8.26. The molecule has 0 bridgehead atoms. The molecule has 0 aromatic carbocycles. The van der Waals surface area contributed by atoms with Gasteiger partial charge in [-0.05, 0) is 65.4 Å².